The molecule has 4 N–H and O–H groups in total. The first kappa shape index (κ1) is 43.5. The van der Waals surface area contributed by atoms with E-state index in [2.05, 4.69) is 10.6 Å². The largest absolute Gasteiger partial charge is 0.468 e. The number of β-lactam (4-membered cyclic amide) rings is 1. The van der Waals surface area contributed by atoms with E-state index in [0.717, 1.165) is 32.8 Å². The van der Waals surface area contributed by atoms with Crippen molar-refractivity contribution in [1.29, 1.82) is 0 Å². The van der Waals surface area contributed by atoms with Crippen LogP contribution in [0.15, 0.2) is 176 Å². The first-order valence-corrected chi connectivity index (χ1v) is 20.7. The van der Waals surface area contributed by atoms with Crippen LogP contribution in [0.2, 0.25) is 0 Å². The van der Waals surface area contributed by atoms with Crippen molar-refractivity contribution in [1.82, 2.24) is 15.6 Å². The summed E-state index contributed by atoms with van der Waals surface area (Å²) in [6, 6.07) is 51.0. The minimum Gasteiger partial charge on any atom is -0.468 e. The lowest BCUT2D eigenvalue weighted by Gasteiger charge is -2.43. The number of Topliss-reactive ketones (excluding diaryl/α,β-unsaturated/α-hetero) is 1. The molecule has 4 atom stereocenters. The van der Waals surface area contributed by atoms with Crippen molar-refractivity contribution >= 4 is 29.7 Å². The van der Waals surface area contributed by atoms with Crippen molar-refractivity contribution in [2.45, 2.75) is 56.7 Å². The smallest absolute Gasteiger partial charge is 0.408 e. The number of amides is 3. The second-order valence-corrected chi connectivity index (χ2v) is 15.2. The zero-order valence-electron chi connectivity index (χ0n) is 34.5. The molecular weight excluding hydrogens is 797 g/mol. The minimum atomic E-state index is -1.27. The number of alkyl carbamates (subject to hydrolysis) is 1. The summed E-state index contributed by atoms with van der Waals surface area (Å²) in [4.78, 5) is 67.7. The van der Waals surface area contributed by atoms with Gasteiger partial charge in [-0.1, -0.05) is 164 Å². The molecule has 12 nitrogen and oxygen atoms in total. The number of esters is 1. The Morgan fingerprint density at radius 2 is 1.08 bits per heavy atom. The molecule has 0 bridgehead atoms. The maximum atomic E-state index is 14.1. The van der Waals surface area contributed by atoms with Gasteiger partial charge in [0, 0.05) is 12.8 Å². The Morgan fingerprint density at radius 3 is 1.65 bits per heavy atom. The van der Waals surface area contributed by atoms with Crippen LogP contribution in [0.5, 0.6) is 5.75 Å². The summed E-state index contributed by atoms with van der Waals surface area (Å²) in [5, 5.41) is 6.43. The average molecular weight is 845 g/mol. The summed E-state index contributed by atoms with van der Waals surface area (Å²) < 4.78 is 17.8. The van der Waals surface area contributed by atoms with Gasteiger partial charge in [-0.25, -0.2) is 20.4 Å². The molecule has 0 radical (unpaired) electrons. The van der Waals surface area contributed by atoms with Crippen LogP contribution in [0.1, 0.15) is 45.9 Å². The maximum Gasteiger partial charge on any atom is 0.408 e. The molecule has 1 saturated heterocycles. The van der Waals surface area contributed by atoms with Crippen molar-refractivity contribution in [3.63, 3.8) is 0 Å². The third kappa shape index (κ3) is 11.8. The molecule has 12 heteroatoms. The first-order valence-electron chi connectivity index (χ1n) is 20.7. The van der Waals surface area contributed by atoms with Crippen LogP contribution in [-0.4, -0.2) is 53.0 Å². The van der Waals surface area contributed by atoms with Gasteiger partial charge in [0.15, 0.2) is 17.8 Å². The number of carbonyl (C=O) groups is 5. The van der Waals surface area contributed by atoms with Crippen LogP contribution in [0.4, 0.5) is 4.79 Å². The molecule has 0 saturated carbocycles. The highest BCUT2D eigenvalue weighted by molar-refractivity contribution is 6.09. The standard InChI is InChI=1S/C51H48N4O8/c52-55-48(58)45(46(57)42(32-36-18-8-2-9-19-36)53-44(56)31-28-35-16-6-1-7-17-35)49(55)62-41-29-26-37(27-30-41)33-43(54-51(60)61-34-38-20-10-3-11-21-38)50(59)63-47(39-22-12-4-13-23-39)40-24-14-5-15-25-40/h1-27,29-30,42-43,45,47,49H,28,31-34,52H2,(H,53,56)(H,54,60)/t42-,43-,45-,49-/m0/s1. The molecule has 7 rings (SSSR count). The molecule has 1 fully saturated rings. The number of hydrogen-bond acceptors (Lipinski definition) is 9. The topological polar surface area (TPSA) is 166 Å². The highest BCUT2D eigenvalue weighted by Crippen LogP contribution is 2.30. The average Bonchev–Trinajstić information content (AvgIpc) is 3.33. The fourth-order valence-corrected chi connectivity index (χ4v) is 7.29. The lowest BCUT2D eigenvalue weighted by atomic mass is 9.86. The molecule has 0 spiro atoms. The number of ether oxygens (including phenoxy) is 3. The van der Waals surface area contributed by atoms with Crippen LogP contribution in [-0.2, 0) is 54.5 Å². The Bertz CT molecular complexity index is 2400. The normalized spacial score (nSPS) is 15.3. The molecule has 6 aromatic carbocycles. The molecule has 0 aliphatic carbocycles. The Kier molecular flexibility index (Phi) is 14.7. The number of hydrazine groups is 1. The van der Waals surface area contributed by atoms with Gasteiger partial charge < -0.3 is 24.8 Å². The van der Waals surface area contributed by atoms with E-state index < -0.39 is 54.1 Å². The molecule has 1 aliphatic heterocycles. The highest BCUT2D eigenvalue weighted by Gasteiger charge is 2.54. The van der Waals surface area contributed by atoms with Crippen LogP contribution in [0, 0.1) is 5.92 Å². The lowest BCUT2D eigenvalue weighted by molar-refractivity contribution is -0.181. The summed E-state index contributed by atoms with van der Waals surface area (Å²) in [6.45, 7) is -0.00388. The second-order valence-electron chi connectivity index (χ2n) is 15.2. The summed E-state index contributed by atoms with van der Waals surface area (Å²) in [5.74, 6) is 2.94. The Labute approximate surface area is 366 Å². The van der Waals surface area contributed by atoms with Gasteiger partial charge in [0.25, 0.3) is 5.91 Å². The van der Waals surface area contributed by atoms with Crippen molar-refractivity contribution in [3.8, 4) is 5.75 Å². The molecule has 3 amide bonds. The number of nitrogens with two attached hydrogens (primary N) is 1. The van der Waals surface area contributed by atoms with Gasteiger partial charge in [-0.15, -0.1) is 0 Å². The van der Waals surface area contributed by atoms with Gasteiger partial charge in [0.05, 0.1) is 6.04 Å². The van der Waals surface area contributed by atoms with Gasteiger partial charge in [-0.05, 0) is 58.4 Å². The van der Waals surface area contributed by atoms with Crippen molar-refractivity contribution in [2.75, 3.05) is 0 Å². The fourth-order valence-electron chi connectivity index (χ4n) is 7.29. The highest BCUT2D eigenvalue weighted by atomic mass is 16.6. The third-order valence-electron chi connectivity index (χ3n) is 10.7. The molecule has 1 heterocycles. The number of ketones is 1. The summed E-state index contributed by atoms with van der Waals surface area (Å²) in [6.07, 6.45) is -1.88. The zero-order chi connectivity index (χ0) is 44.0. The molecule has 63 heavy (non-hydrogen) atoms. The van der Waals surface area contributed by atoms with Crippen LogP contribution in [0.25, 0.3) is 0 Å². The van der Waals surface area contributed by atoms with E-state index in [1.165, 1.54) is 0 Å². The quantitative estimate of drug-likeness (QED) is 0.0261. The van der Waals surface area contributed by atoms with Gasteiger partial charge in [0.2, 0.25) is 12.1 Å². The van der Waals surface area contributed by atoms with Gasteiger partial charge in [0.1, 0.15) is 18.4 Å². The maximum absolute atomic E-state index is 14.1. The van der Waals surface area contributed by atoms with Gasteiger partial charge >= 0.3 is 12.1 Å². The molecule has 1 aliphatic rings. The Balaban J connectivity index is 1.05. The minimum absolute atomic E-state index is 0.00388. The van der Waals surface area contributed by atoms with E-state index in [0.29, 0.717) is 17.7 Å². The monoisotopic (exact) mass is 844 g/mol. The van der Waals surface area contributed by atoms with Crippen LogP contribution >= 0.6 is 0 Å². The van der Waals surface area contributed by atoms with Crippen molar-refractivity contribution in [2.24, 2.45) is 11.8 Å². The number of nitrogens with zero attached hydrogens (tertiary/aromatic N) is 1. The molecule has 0 unspecified atom stereocenters. The van der Waals surface area contributed by atoms with E-state index in [-0.39, 0.29) is 31.8 Å². The van der Waals surface area contributed by atoms with Crippen LogP contribution < -0.4 is 21.2 Å². The number of aryl methyl sites for hydroxylation is 1. The number of benzene rings is 6. The lowest BCUT2D eigenvalue weighted by Crippen LogP contribution is -2.70. The van der Waals surface area contributed by atoms with E-state index >= 15 is 0 Å². The van der Waals surface area contributed by atoms with E-state index in [9.17, 15) is 24.0 Å². The van der Waals surface area contributed by atoms with Crippen LogP contribution in [0.3, 0.4) is 0 Å². The van der Waals surface area contributed by atoms with Crippen molar-refractivity contribution < 1.29 is 38.2 Å². The summed E-state index contributed by atoms with van der Waals surface area (Å²) in [7, 11) is 0. The SMILES string of the molecule is NN1C(=O)[C@H](C(=O)[C@H](Cc2ccccc2)NC(=O)CCc2ccccc2)[C@@H]1Oc1ccc(C[C@H](NC(=O)OCc2ccccc2)C(=O)OC(c2ccccc2)c2ccccc2)cc1. The zero-order valence-corrected chi connectivity index (χ0v) is 34.5. The Morgan fingerprint density at radius 1 is 0.587 bits per heavy atom. The number of nitrogens with one attached hydrogen (secondary N) is 2. The molecule has 0 aromatic heterocycles. The first-order chi connectivity index (χ1) is 30.7. The number of hydrogen-bond donors (Lipinski definition) is 3. The fraction of sp³-hybridized carbons (Fsp3) is 0.196. The summed E-state index contributed by atoms with van der Waals surface area (Å²) in [5.41, 5.74) is 4.70. The molecule has 320 valence electrons. The number of rotatable bonds is 19. The third-order valence-corrected chi connectivity index (χ3v) is 10.7. The second kappa shape index (κ2) is 21.3. The van der Waals surface area contributed by atoms with E-state index in [1.807, 2.05) is 152 Å². The van der Waals surface area contributed by atoms with E-state index in [4.69, 9.17) is 20.1 Å². The number of carbonyl (C=O) groups excluding carboxylic acids is 5. The van der Waals surface area contributed by atoms with Crippen molar-refractivity contribution in [3.05, 3.63) is 209 Å². The Hall–Kier alpha value is -7.57. The molecular formula is C51H48N4O8. The van der Waals surface area contributed by atoms with Gasteiger partial charge in [-0.3, -0.25) is 14.4 Å². The molecule has 6 aromatic rings. The predicted octanol–water partition coefficient (Wildman–Crippen LogP) is 6.82. The van der Waals surface area contributed by atoms with Gasteiger partial charge in [-0.2, -0.15) is 0 Å². The van der Waals surface area contributed by atoms with E-state index in [1.54, 1.807) is 24.3 Å². The predicted molar refractivity (Wildman–Crippen MR) is 235 cm³/mol. The summed E-state index contributed by atoms with van der Waals surface area (Å²) >= 11 is 0.